The van der Waals surface area contributed by atoms with Gasteiger partial charge in [-0.1, -0.05) is 36.0 Å². The van der Waals surface area contributed by atoms with Crippen LogP contribution < -0.4 is 4.90 Å². The normalized spacial score (nSPS) is 23.4. The van der Waals surface area contributed by atoms with Crippen molar-refractivity contribution in [2.75, 3.05) is 16.4 Å². The van der Waals surface area contributed by atoms with Crippen molar-refractivity contribution in [3.8, 4) is 0 Å². The second-order valence-corrected chi connectivity index (χ2v) is 10.3. The molecule has 2 atom stereocenters. The Kier molecular flexibility index (Phi) is 4.76. The number of benzene rings is 2. The van der Waals surface area contributed by atoms with E-state index in [9.17, 15) is 12.8 Å². The summed E-state index contributed by atoms with van der Waals surface area (Å²) in [6.07, 6.45) is 0. The van der Waals surface area contributed by atoms with Crippen molar-refractivity contribution >= 4 is 32.5 Å². The van der Waals surface area contributed by atoms with Crippen LogP contribution in [0.15, 0.2) is 47.5 Å². The molecule has 0 radical (unpaired) electrons. The Balaban J connectivity index is 1.66. The fourth-order valence-electron chi connectivity index (χ4n) is 3.67. The average molecular weight is 405 g/mol. The third-order valence-corrected chi connectivity index (χ3v) is 7.73. The minimum absolute atomic E-state index is 0.100. The third-order valence-electron chi connectivity index (χ3n) is 4.99. The maximum absolute atomic E-state index is 13.5. The summed E-state index contributed by atoms with van der Waals surface area (Å²) in [6, 6.07) is 12.3. The number of thioether (sulfide) groups is 1. The first-order valence-electron chi connectivity index (χ1n) is 8.84. The van der Waals surface area contributed by atoms with Crippen LogP contribution >= 0.6 is 11.8 Å². The summed E-state index contributed by atoms with van der Waals surface area (Å²) in [5.41, 5.74) is 4.09. The minimum atomic E-state index is -3.07. The van der Waals surface area contributed by atoms with Gasteiger partial charge in [0.05, 0.1) is 23.6 Å². The number of fused-ring (bicyclic) bond motifs is 1. The molecule has 1 fully saturated rings. The highest BCUT2D eigenvalue weighted by Crippen LogP contribution is 2.37. The summed E-state index contributed by atoms with van der Waals surface area (Å²) in [5.74, 6) is 0.557. The maximum atomic E-state index is 13.5. The van der Waals surface area contributed by atoms with Crippen molar-refractivity contribution < 1.29 is 12.8 Å². The Morgan fingerprint density at radius 3 is 2.78 bits per heavy atom. The highest BCUT2D eigenvalue weighted by molar-refractivity contribution is 8.13. The van der Waals surface area contributed by atoms with E-state index in [0.29, 0.717) is 5.75 Å². The highest BCUT2D eigenvalue weighted by Gasteiger charge is 2.47. The first-order chi connectivity index (χ1) is 12.8. The molecule has 2 heterocycles. The lowest BCUT2D eigenvalue weighted by Gasteiger charge is -2.28. The molecule has 2 aliphatic rings. The van der Waals surface area contributed by atoms with E-state index in [0.717, 1.165) is 27.5 Å². The van der Waals surface area contributed by atoms with E-state index >= 15 is 0 Å². The number of aliphatic imine (C=N–C) groups is 1. The lowest BCUT2D eigenvalue weighted by atomic mass is 10.1. The molecule has 2 aromatic carbocycles. The number of amidine groups is 1. The van der Waals surface area contributed by atoms with Gasteiger partial charge in [0.15, 0.2) is 15.0 Å². The monoisotopic (exact) mass is 404 g/mol. The smallest absolute Gasteiger partial charge is 0.164 e. The predicted molar refractivity (Wildman–Crippen MR) is 110 cm³/mol. The molecule has 4 nitrogen and oxygen atoms in total. The molecular weight excluding hydrogens is 383 g/mol. The Labute approximate surface area is 163 Å². The van der Waals surface area contributed by atoms with E-state index in [1.54, 1.807) is 6.07 Å². The Hall–Kier alpha value is -1.86. The van der Waals surface area contributed by atoms with E-state index in [1.807, 2.05) is 19.9 Å². The molecule has 0 amide bonds. The molecule has 0 unspecified atom stereocenters. The number of sulfone groups is 1. The van der Waals surface area contributed by atoms with Crippen LogP contribution in [0.4, 0.5) is 10.1 Å². The fourth-order valence-corrected chi connectivity index (χ4v) is 6.57. The number of aryl methyl sites for hydroxylation is 2. The maximum Gasteiger partial charge on any atom is 0.164 e. The van der Waals surface area contributed by atoms with Gasteiger partial charge < -0.3 is 4.90 Å². The molecule has 4 rings (SSSR count). The number of nitrogens with zero attached hydrogens (tertiary/aromatic N) is 2. The number of halogens is 1. The van der Waals surface area contributed by atoms with Gasteiger partial charge in [0, 0.05) is 11.4 Å². The van der Waals surface area contributed by atoms with Gasteiger partial charge in [-0.15, -0.1) is 0 Å². The molecule has 27 heavy (non-hydrogen) atoms. The molecule has 0 saturated carbocycles. The van der Waals surface area contributed by atoms with Crippen LogP contribution in [0.5, 0.6) is 0 Å². The number of hydrogen-bond acceptors (Lipinski definition) is 5. The van der Waals surface area contributed by atoms with E-state index in [2.05, 4.69) is 23.1 Å². The van der Waals surface area contributed by atoms with Crippen LogP contribution in [0.25, 0.3) is 0 Å². The van der Waals surface area contributed by atoms with Crippen LogP contribution in [-0.4, -0.2) is 37.2 Å². The van der Waals surface area contributed by atoms with E-state index in [4.69, 9.17) is 4.99 Å². The molecule has 1 saturated heterocycles. The van der Waals surface area contributed by atoms with Gasteiger partial charge in [0.2, 0.25) is 0 Å². The third kappa shape index (κ3) is 3.75. The fraction of sp³-hybridized carbons (Fsp3) is 0.350. The van der Waals surface area contributed by atoms with Gasteiger partial charge in [-0.25, -0.2) is 12.8 Å². The van der Waals surface area contributed by atoms with Crippen molar-refractivity contribution in [3.05, 3.63) is 65.0 Å². The van der Waals surface area contributed by atoms with Gasteiger partial charge in [0.25, 0.3) is 0 Å². The quantitative estimate of drug-likeness (QED) is 0.782. The SMILES string of the molecule is Cc1ccc(C)c(N2C(SCc3cccc(F)c3)=N[C@@H]3CS(=O)(=O)C[C@H]32)c1. The number of rotatable bonds is 3. The van der Waals surface area contributed by atoms with Gasteiger partial charge >= 0.3 is 0 Å². The van der Waals surface area contributed by atoms with Gasteiger partial charge in [0.1, 0.15) is 5.82 Å². The van der Waals surface area contributed by atoms with Crippen molar-refractivity contribution in [1.82, 2.24) is 0 Å². The Morgan fingerprint density at radius 2 is 2.00 bits per heavy atom. The van der Waals surface area contributed by atoms with E-state index < -0.39 is 9.84 Å². The minimum Gasteiger partial charge on any atom is -0.315 e. The van der Waals surface area contributed by atoms with Crippen LogP contribution in [0.3, 0.4) is 0 Å². The summed E-state index contributed by atoms with van der Waals surface area (Å²) in [6.45, 7) is 4.05. The molecule has 7 heteroatoms. The Morgan fingerprint density at radius 1 is 1.19 bits per heavy atom. The van der Waals surface area contributed by atoms with E-state index in [1.165, 1.54) is 23.9 Å². The highest BCUT2D eigenvalue weighted by atomic mass is 32.2. The topological polar surface area (TPSA) is 49.7 Å². The van der Waals surface area contributed by atoms with Crippen molar-refractivity contribution in [3.63, 3.8) is 0 Å². The zero-order chi connectivity index (χ0) is 19.2. The van der Waals surface area contributed by atoms with Crippen LogP contribution in [0, 0.1) is 19.7 Å². The molecule has 0 aliphatic carbocycles. The van der Waals surface area contributed by atoms with Crippen LogP contribution in [0.2, 0.25) is 0 Å². The van der Waals surface area contributed by atoms with Crippen molar-refractivity contribution in [2.45, 2.75) is 31.7 Å². The molecule has 0 aromatic heterocycles. The van der Waals surface area contributed by atoms with E-state index in [-0.39, 0.29) is 29.4 Å². The molecular formula is C20H21FN2O2S2. The first-order valence-corrected chi connectivity index (χ1v) is 11.6. The molecule has 2 aliphatic heterocycles. The lowest BCUT2D eigenvalue weighted by Crippen LogP contribution is -2.39. The molecule has 0 spiro atoms. The molecule has 142 valence electrons. The number of anilines is 1. The first kappa shape index (κ1) is 18.5. The zero-order valence-corrected chi connectivity index (χ0v) is 16.9. The summed E-state index contributed by atoms with van der Waals surface area (Å²) >= 11 is 1.53. The van der Waals surface area contributed by atoms with Crippen molar-refractivity contribution in [1.29, 1.82) is 0 Å². The largest absolute Gasteiger partial charge is 0.315 e. The molecule has 0 N–H and O–H groups in total. The summed E-state index contributed by atoms with van der Waals surface area (Å²) in [4.78, 5) is 6.83. The van der Waals surface area contributed by atoms with Crippen molar-refractivity contribution in [2.24, 2.45) is 4.99 Å². The average Bonchev–Trinajstić information content (AvgIpc) is 3.06. The standard InChI is InChI=1S/C20H21FN2O2S2/c1-13-6-7-14(2)18(8-13)23-19-12-27(24,25)11-17(19)22-20(23)26-10-15-4-3-5-16(21)9-15/h3-9,17,19H,10-12H2,1-2H3/t17-,19-/m1/s1. The van der Waals surface area contributed by atoms with Gasteiger partial charge in [-0.3, -0.25) is 4.99 Å². The van der Waals surface area contributed by atoms with Crippen LogP contribution in [0.1, 0.15) is 16.7 Å². The Bertz CT molecular complexity index is 1020. The van der Waals surface area contributed by atoms with Gasteiger partial charge in [-0.05, 0) is 48.7 Å². The lowest BCUT2D eigenvalue weighted by molar-refractivity contribution is 0.601. The number of hydrogen-bond donors (Lipinski definition) is 0. The molecule has 0 bridgehead atoms. The zero-order valence-electron chi connectivity index (χ0n) is 15.2. The second-order valence-electron chi connectivity index (χ2n) is 7.20. The summed E-state index contributed by atoms with van der Waals surface area (Å²) < 4.78 is 37.8. The second kappa shape index (κ2) is 6.95. The molecule has 2 aromatic rings. The van der Waals surface area contributed by atoms with Crippen LogP contribution in [-0.2, 0) is 15.6 Å². The summed E-state index contributed by atoms with van der Waals surface area (Å²) in [5, 5.41) is 0.817. The van der Waals surface area contributed by atoms with Gasteiger partial charge in [-0.2, -0.15) is 0 Å². The summed E-state index contributed by atoms with van der Waals surface area (Å²) in [7, 11) is -3.07. The predicted octanol–water partition coefficient (Wildman–Crippen LogP) is 3.72.